The van der Waals surface area contributed by atoms with Crippen LogP contribution in [0.4, 0.5) is 4.39 Å². The van der Waals surface area contributed by atoms with Crippen molar-refractivity contribution in [3.63, 3.8) is 0 Å². The number of esters is 1. The zero-order chi connectivity index (χ0) is 17.2. The Morgan fingerprint density at radius 2 is 1.70 bits per heavy atom. The van der Waals surface area contributed by atoms with Crippen LogP contribution in [0.25, 0.3) is 0 Å². The van der Waals surface area contributed by atoms with E-state index >= 15 is 0 Å². The Hall–Kier alpha value is -2.36. The monoisotopic (exact) mass is 316 g/mol. The van der Waals surface area contributed by atoms with Crippen LogP contribution in [0.15, 0.2) is 36.4 Å². The van der Waals surface area contributed by atoms with Crippen molar-refractivity contribution in [2.24, 2.45) is 0 Å². The maximum Gasteiger partial charge on any atom is 0.343 e. The molecule has 2 aromatic rings. The van der Waals surface area contributed by atoms with Gasteiger partial charge in [-0.25, -0.2) is 9.18 Å². The molecule has 2 aromatic carbocycles. The second kappa shape index (κ2) is 6.41. The Balaban J connectivity index is 2.39. The summed E-state index contributed by atoms with van der Waals surface area (Å²) in [5.74, 6) is -0.0568. The van der Waals surface area contributed by atoms with Crippen LogP contribution in [0, 0.1) is 12.7 Å². The van der Waals surface area contributed by atoms with Crippen LogP contribution in [-0.2, 0) is 5.41 Å². The Bertz CT molecular complexity index is 713. The van der Waals surface area contributed by atoms with Crippen LogP contribution in [0.5, 0.6) is 11.5 Å². The maximum atomic E-state index is 13.0. The standard InChI is InChI=1S/C19H21FO3/c1-12-10-14(19(2,3)4)11-16(17(12)22-5)23-18(21)13-6-8-15(20)9-7-13/h6-11H,1-5H3. The van der Waals surface area contributed by atoms with Gasteiger partial charge in [-0.3, -0.25) is 0 Å². The van der Waals surface area contributed by atoms with Gasteiger partial charge < -0.3 is 9.47 Å². The molecule has 3 nitrogen and oxygen atoms in total. The number of hydrogen-bond donors (Lipinski definition) is 0. The summed E-state index contributed by atoms with van der Waals surface area (Å²) in [4.78, 5) is 12.3. The fourth-order valence-corrected chi connectivity index (χ4v) is 2.26. The van der Waals surface area contributed by atoms with Crippen LogP contribution in [0.3, 0.4) is 0 Å². The van der Waals surface area contributed by atoms with Crippen molar-refractivity contribution in [3.8, 4) is 11.5 Å². The predicted molar refractivity (Wildman–Crippen MR) is 87.8 cm³/mol. The first-order valence-corrected chi connectivity index (χ1v) is 7.39. The molecular formula is C19H21FO3. The van der Waals surface area contributed by atoms with Gasteiger partial charge in [-0.1, -0.05) is 26.8 Å². The first-order valence-electron chi connectivity index (χ1n) is 7.39. The van der Waals surface area contributed by atoms with E-state index in [9.17, 15) is 9.18 Å². The van der Waals surface area contributed by atoms with Crippen molar-refractivity contribution in [3.05, 3.63) is 58.9 Å². The third kappa shape index (κ3) is 3.89. The molecule has 0 aliphatic carbocycles. The number of benzene rings is 2. The summed E-state index contributed by atoms with van der Waals surface area (Å²) >= 11 is 0. The molecule has 0 bridgehead atoms. The third-order valence-corrected chi connectivity index (χ3v) is 3.59. The quantitative estimate of drug-likeness (QED) is 0.610. The fraction of sp³-hybridized carbons (Fsp3) is 0.316. The molecule has 4 heteroatoms. The number of aryl methyl sites for hydroxylation is 1. The molecule has 0 unspecified atom stereocenters. The van der Waals surface area contributed by atoms with Crippen LogP contribution >= 0.6 is 0 Å². The van der Waals surface area contributed by atoms with Gasteiger partial charge in [0.15, 0.2) is 11.5 Å². The fourth-order valence-electron chi connectivity index (χ4n) is 2.26. The number of hydrogen-bond acceptors (Lipinski definition) is 3. The van der Waals surface area contributed by atoms with Gasteiger partial charge in [0.05, 0.1) is 12.7 Å². The number of rotatable bonds is 3. The summed E-state index contributed by atoms with van der Waals surface area (Å²) in [5, 5.41) is 0. The first kappa shape index (κ1) is 17.0. The Morgan fingerprint density at radius 3 is 2.22 bits per heavy atom. The predicted octanol–water partition coefficient (Wildman–Crippen LogP) is 4.66. The highest BCUT2D eigenvalue weighted by Gasteiger charge is 2.20. The lowest BCUT2D eigenvalue weighted by Gasteiger charge is -2.22. The van der Waals surface area contributed by atoms with Crippen molar-refractivity contribution < 1.29 is 18.7 Å². The SMILES string of the molecule is COc1c(C)cc(C(C)(C)C)cc1OC(=O)c1ccc(F)cc1. The van der Waals surface area contributed by atoms with Gasteiger partial charge in [0, 0.05) is 0 Å². The normalized spacial score (nSPS) is 11.2. The lowest BCUT2D eigenvalue weighted by atomic mass is 9.86. The first-order chi connectivity index (χ1) is 10.7. The Kier molecular flexibility index (Phi) is 4.73. The summed E-state index contributed by atoms with van der Waals surface area (Å²) in [6, 6.07) is 9.08. The summed E-state index contributed by atoms with van der Waals surface area (Å²) in [7, 11) is 1.54. The van der Waals surface area contributed by atoms with Crippen molar-refractivity contribution in [1.29, 1.82) is 0 Å². The minimum atomic E-state index is -0.547. The van der Waals surface area contributed by atoms with Gasteiger partial charge in [0.25, 0.3) is 0 Å². The molecule has 0 aromatic heterocycles. The number of ether oxygens (including phenoxy) is 2. The molecule has 0 fully saturated rings. The smallest absolute Gasteiger partial charge is 0.343 e. The van der Waals surface area contributed by atoms with E-state index in [0.717, 1.165) is 11.1 Å². The van der Waals surface area contributed by atoms with Crippen molar-refractivity contribution in [1.82, 2.24) is 0 Å². The highest BCUT2D eigenvalue weighted by Crippen LogP contribution is 2.36. The summed E-state index contributed by atoms with van der Waals surface area (Å²) in [6.45, 7) is 8.16. The molecule has 0 heterocycles. The highest BCUT2D eigenvalue weighted by molar-refractivity contribution is 5.91. The zero-order valence-electron chi connectivity index (χ0n) is 14.1. The van der Waals surface area contributed by atoms with E-state index in [1.54, 1.807) is 0 Å². The van der Waals surface area contributed by atoms with Crippen LogP contribution in [0.1, 0.15) is 42.3 Å². The van der Waals surface area contributed by atoms with Crippen molar-refractivity contribution >= 4 is 5.97 Å². The average molecular weight is 316 g/mol. The van der Waals surface area contributed by atoms with Gasteiger partial charge in [0.2, 0.25) is 0 Å². The molecule has 2 rings (SSSR count). The van der Waals surface area contributed by atoms with Gasteiger partial charge in [-0.05, 0) is 53.8 Å². The molecule has 0 radical (unpaired) electrons. The van der Waals surface area contributed by atoms with Crippen molar-refractivity contribution in [2.45, 2.75) is 33.1 Å². The number of methoxy groups -OCH3 is 1. The summed E-state index contributed by atoms with van der Waals surface area (Å²) in [5.41, 5.74) is 2.13. The summed E-state index contributed by atoms with van der Waals surface area (Å²) < 4.78 is 23.8. The van der Waals surface area contributed by atoms with E-state index in [1.165, 1.54) is 31.4 Å². The van der Waals surface area contributed by atoms with Crippen molar-refractivity contribution in [2.75, 3.05) is 7.11 Å². The van der Waals surface area contributed by atoms with E-state index in [2.05, 4.69) is 20.8 Å². The average Bonchev–Trinajstić information content (AvgIpc) is 2.46. The molecule has 0 saturated heterocycles. The summed E-state index contributed by atoms with van der Waals surface area (Å²) in [6.07, 6.45) is 0. The second-order valence-corrected chi connectivity index (χ2v) is 6.47. The van der Waals surface area contributed by atoms with Crippen LogP contribution < -0.4 is 9.47 Å². The topological polar surface area (TPSA) is 35.5 Å². The number of carbonyl (C=O) groups is 1. The van der Waals surface area contributed by atoms with E-state index < -0.39 is 11.8 Å². The molecule has 0 atom stereocenters. The molecule has 0 N–H and O–H groups in total. The third-order valence-electron chi connectivity index (χ3n) is 3.59. The molecule has 23 heavy (non-hydrogen) atoms. The van der Waals surface area contributed by atoms with Crippen LogP contribution in [0.2, 0.25) is 0 Å². The molecule has 0 saturated carbocycles. The minimum Gasteiger partial charge on any atom is -0.493 e. The van der Waals surface area contributed by atoms with Gasteiger partial charge in [-0.15, -0.1) is 0 Å². The van der Waals surface area contributed by atoms with E-state index in [1.807, 2.05) is 19.1 Å². The molecular weight excluding hydrogens is 295 g/mol. The lowest BCUT2D eigenvalue weighted by molar-refractivity contribution is 0.0729. The molecule has 0 aliphatic rings. The molecule has 122 valence electrons. The van der Waals surface area contributed by atoms with E-state index in [0.29, 0.717) is 11.5 Å². The Labute approximate surface area is 136 Å². The van der Waals surface area contributed by atoms with Gasteiger partial charge in [0.1, 0.15) is 5.82 Å². The lowest BCUT2D eigenvalue weighted by Crippen LogP contribution is -2.14. The highest BCUT2D eigenvalue weighted by atomic mass is 19.1. The van der Waals surface area contributed by atoms with Gasteiger partial charge >= 0.3 is 5.97 Å². The minimum absolute atomic E-state index is 0.0892. The maximum absolute atomic E-state index is 13.0. The zero-order valence-corrected chi connectivity index (χ0v) is 14.1. The molecule has 0 spiro atoms. The largest absolute Gasteiger partial charge is 0.493 e. The van der Waals surface area contributed by atoms with E-state index in [-0.39, 0.29) is 11.0 Å². The Morgan fingerprint density at radius 1 is 1.09 bits per heavy atom. The number of halogens is 1. The number of carbonyl (C=O) groups excluding carboxylic acids is 1. The van der Waals surface area contributed by atoms with Crippen LogP contribution in [-0.4, -0.2) is 13.1 Å². The van der Waals surface area contributed by atoms with E-state index in [4.69, 9.17) is 9.47 Å². The second-order valence-electron chi connectivity index (χ2n) is 6.47. The van der Waals surface area contributed by atoms with Gasteiger partial charge in [-0.2, -0.15) is 0 Å². The molecule has 0 aliphatic heterocycles. The molecule has 0 amide bonds.